The molecule has 1 saturated heterocycles. The van der Waals surface area contributed by atoms with Crippen molar-refractivity contribution in [3.8, 4) is 0 Å². The number of benzene rings is 1. The topological polar surface area (TPSA) is 55.6 Å². The predicted octanol–water partition coefficient (Wildman–Crippen LogP) is 3.30. The van der Waals surface area contributed by atoms with E-state index in [-0.39, 0.29) is 30.5 Å². The van der Waals surface area contributed by atoms with Crippen molar-refractivity contribution in [1.82, 2.24) is 4.90 Å². The first-order chi connectivity index (χ1) is 11.2. The molecule has 24 heavy (non-hydrogen) atoms. The number of ether oxygens (including phenoxy) is 1. The second kappa shape index (κ2) is 8.84. The molecule has 134 valence electrons. The summed E-state index contributed by atoms with van der Waals surface area (Å²) in [5.41, 5.74) is 6.77. The Morgan fingerprint density at radius 2 is 1.96 bits per heavy atom. The summed E-state index contributed by atoms with van der Waals surface area (Å²) in [6.45, 7) is 3.52. The van der Waals surface area contributed by atoms with Gasteiger partial charge in [-0.2, -0.15) is 0 Å². The third-order valence-corrected chi connectivity index (χ3v) is 5.24. The number of amides is 1. The largest absolute Gasteiger partial charge is 0.360 e. The van der Waals surface area contributed by atoms with Gasteiger partial charge in [-0.15, -0.1) is 12.4 Å². The molecule has 2 fully saturated rings. The fourth-order valence-electron chi connectivity index (χ4n) is 3.89. The molecular weight excluding hydrogens is 324 g/mol. The maximum atomic E-state index is 13.2. The molecule has 0 bridgehead atoms. The summed E-state index contributed by atoms with van der Waals surface area (Å²) in [4.78, 5) is 15.1. The van der Waals surface area contributed by atoms with Crippen molar-refractivity contribution in [2.75, 3.05) is 13.1 Å². The van der Waals surface area contributed by atoms with Gasteiger partial charge in [0.1, 0.15) is 0 Å². The number of carbonyl (C=O) groups is 1. The number of rotatable bonds is 5. The fraction of sp³-hybridized carbons (Fsp3) is 0.632. The van der Waals surface area contributed by atoms with E-state index in [9.17, 15) is 4.79 Å². The molecule has 1 aromatic rings. The molecule has 1 saturated carbocycles. The van der Waals surface area contributed by atoms with Crippen LogP contribution >= 0.6 is 12.4 Å². The van der Waals surface area contributed by atoms with Crippen LogP contribution in [0.2, 0.25) is 0 Å². The van der Waals surface area contributed by atoms with Crippen LogP contribution in [0.1, 0.15) is 50.7 Å². The Bertz CT molecular complexity index is 519. The number of carbonyl (C=O) groups excluding carboxylic acids is 1. The second-order valence-corrected chi connectivity index (χ2v) is 7.01. The lowest BCUT2D eigenvalue weighted by Gasteiger charge is -2.29. The van der Waals surface area contributed by atoms with Gasteiger partial charge in [0.15, 0.2) is 6.10 Å². The zero-order chi connectivity index (χ0) is 16.2. The summed E-state index contributed by atoms with van der Waals surface area (Å²) in [7, 11) is 0. The highest BCUT2D eigenvalue weighted by Crippen LogP contribution is 2.32. The van der Waals surface area contributed by atoms with Gasteiger partial charge >= 0.3 is 0 Å². The van der Waals surface area contributed by atoms with Crippen LogP contribution in [0.3, 0.4) is 0 Å². The van der Waals surface area contributed by atoms with Crippen LogP contribution in [0.4, 0.5) is 0 Å². The zero-order valence-electron chi connectivity index (χ0n) is 14.4. The number of hydrogen-bond acceptors (Lipinski definition) is 3. The van der Waals surface area contributed by atoms with E-state index in [0.717, 1.165) is 31.4 Å². The minimum atomic E-state index is -0.474. The fourth-order valence-corrected chi connectivity index (χ4v) is 3.89. The predicted molar refractivity (Wildman–Crippen MR) is 98.1 cm³/mol. The molecular formula is C19H29ClN2O2. The van der Waals surface area contributed by atoms with E-state index in [1.807, 2.05) is 35.2 Å². The Morgan fingerprint density at radius 1 is 1.29 bits per heavy atom. The molecule has 3 unspecified atom stereocenters. The number of hydrogen-bond donors (Lipinski definition) is 1. The summed E-state index contributed by atoms with van der Waals surface area (Å²) in [5.74, 6) is 0.517. The molecule has 5 heteroatoms. The van der Waals surface area contributed by atoms with E-state index >= 15 is 0 Å². The summed E-state index contributed by atoms with van der Waals surface area (Å²) < 4.78 is 6.27. The Hall–Kier alpha value is -1.10. The molecule has 1 heterocycles. The number of halogens is 1. The number of nitrogens with zero attached hydrogens (tertiary/aromatic N) is 1. The molecule has 3 atom stereocenters. The third kappa shape index (κ3) is 4.29. The summed E-state index contributed by atoms with van der Waals surface area (Å²) in [6.07, 6.45) is 5.28. The van der Waals surface area contributed by atoms with E-state index in [2.05, 4.69) is 6.92 Å². The molecule has 0 spiro atoms. The molecule has 1 aliphatic carbocycles. The van der Waals surface area contributed by atoms with Crippen LogP contribution in [-0.4, -0.2) is 36.0 Å². The molecule has 0 radical (unpaired) electrons. The van der Waals surface area contributed by atoms with Crippen molar-refractivity contribution >= 4 is 18.3 Å². The third-order valence-electron chi connectivity index (χ3n) is 5.24. The average molecular weight is 353 g/mol. The Kier molecular flexibility index (Phi) is 7.08. The molecule has 1 aliphatic heterocycles. The van der Waals surface area contributed by atoms with Crippen LogP contribution in [0.15, 0.2) is 30.3 Å². The first-order valence-electron chi connectivity index (χ1n) is 8.90. The maximum Gasteiger partial charge on any atom is 0.256 e. The minimum Gasteiger partial charge on any atom is -0.360 e. The molecule has 1 amide bonds. The lowest BCUT2D eigenvalue weighted by Crippen LogP contribution is -2.39. The van der Waals surface area contributed by atoms with E-state index in [1.165, 1.54) is 12.8 Å². The SMILES string of the molecule is CC1CC(CN)CN1C(=O)C(OC1CCCC1)c1ccccc1.Cl. The highest BCUT2D eigenvalue weighted by atomic mass is 35.5. The Morgan fingerprint density at radius 3 is 2.54 bits per heavy atom. The van der Waals surface area contributed by atoms with Crippen LogP contribution < -0.4 is 5.73 Å². The van der Waals surface area contributed by atoms with Crippen LogP contribution in [0.5, 0.6) is 0 Å². The summed E-state index contributed by atoms with van der Waals surface area (Å²) in [6, 6.07) is 10.2. The normalized spacial score (nSPS) is 25.5. The van der Waals surface area contributed by atoms with Crippen molar-refractivity contribution in [2.45, 2.75) is 57.3 Å². The first kappa shape index (κ1) is 19.2. The highest BCUT2D eigenvalue weighted by molar-refractivity contribution is 5.85. The van der Waals surface area contributed by atoms with Gasteiger partial charge in [0, 0.05) is 12.6 Å². The lowest BCUT2D eigenvalue weighted by atomic mass is 10.1. The number of nitrogens with two attached hydrogens (primary N) is 1. The van der Waals surface area contributed by atoms with Crippen molar-refractivity contribution < 1.29 is 9.53 Å². The molecule has 4 nitrogen and oxygen atoms in total. The van der Waals surface area contributed by atoms with Gasteiger partial charge in [0.05, 0.1) is 6.10 Å². The van der Waals surface area contributed by atoms with Gasteiger partial charge in [-0.3, -0.25) is 4.79 Å². The molecule has 2 N–H and O–H groups in total. The molecule has 2 aliphatic rings. The average Bonchev–Trinajstić information content (AvgIpc) is 3.22. The number of likely N-dealkylation sites (tertiary alicyclic amines) is 1. The van der Waals surface area contributed by atoms with E-state index in [1.54, 1.807) is 0 Å². The molecule has 0 aromatic heterocycles. The Labute approximate surface area is 151 Å². The highest BCUT2D eigenvalue weighted by Gasteiger charge is 2.37. The van der Waals surface area contributed by atoms with E-state index in [0.29, 0.717) is 12.5 Å². The van der Waals surface area contributed by atoms with Gasteiger partial charge in [-0.05, 0) is 44.2 Å². The van der Waals surface area contributed by atoms with Gasteiger partial charge in [-0.1, -0.05) is 43.2 Å². The van der Waals surface area contributed by atoms with Crippen molar-refractivity contribution in [3.63, 3.8) is 0 Å². The van der Waals surface area contributed by atoms with Crippen molar-refractivity contribution in [1.29, 1.82) is 0 Å². The van der Waals surface area contributed by atoms with Crippen molar-refractivity contribution in [2.24, 2.45) is 11.7 Å². The van der Waals surface area contributed by atoms with Crippen LogP contribution in [-0.2, 0) is 9.53 Å². The Balaban J connectivity index is 0.00000208. The van der Waals surface area contributed by atoms with Crippen LogP contribution in [0.25, 0.3) is 0 Å². The van der Waals surface area contributed by atoms with Crippen LogP contribution in [0, 0.1) is 5.92 Å². The second-order valence-electron chi connectivity index (χ2n) is 7.01. The van der Waals surface area contributed by atoms with Gasteiger partial charge in [0.25, 0.3) is 5.91 Å². The molecule has 3 rings (SSSR count). The summed E-state index contributed by atoms with van der Waals surface area (Å²) in [5, 5.41) is 0. The minimum absolute atomic E-state index is 0. The smallest absolute Gasteiger partial charge is 0.256 e. The molecule has 1 aromatic carbocycles. The standard InChI is InChI=1S/C19H28N2O2.ClH/c1-14-11-15(12-20)13-21(14)19(22)18(16-7-3-2-4-8-16)23-17-9-5-6-10-17;/h2-4,7-8,14-15,17-18H,5-6,9-13,20H2,1H3;1H. The maximum absolute atomic E-state index is 13.2. The monoisotopic (exact) mass is 352 g/mol. The zero-order valence-corrected chi connectivity index (χ0v) is 15.2. The van der Waals surface area contributed by atoms with Crippen molar-refractivity contribution in [3.05, 3.63) is 35.9 Å². The van der Waals surface area contributed by atoms with E-state index < -0.39 is 6.10 Å². The quantitative estimate of drug-likeness (QED) is 0.884. The summed E-state index contributed by atoms with van der Waals surface area (Å²) >= 11 is 0. The van der Waals surface area contributed by atoms with E-state index in [4.69, 9.17) is 10.5 Å². The van der Waals surface area contributed by atoms with Gasteiger partial charge in [0.2, 0.25) is 0 Å². The first-order valence-corrected chi connectivity index (χ1v) is 8.90. The van der Waals surface area contributed by atoms with Gasteiger partial charge in [-0.25, -0.2) is 0 Å². The lowest BCUT2D eigenvalue weighted by molar-refractivity contribution is -0.149. The van der Waals surface area contributed by atoms with Gasteiger partial charge < -0.3 is 15.4 Å².